The van der Waals surface area contributed by atoms with Crippen molar-refractivity contribution in [2.75, 3.05) is 23.7 Å². The lowest BCUT2D eigenvalue weighted by atomic mass is 9.90. The molecule has 3 atom stereocenters. The Morgan fingerprint density at radius 1 is 1.03 bits per heavy atom. The molecule has 5 rings (SSSR count). The Morgan fingerprint density at radius 2 is 1.78 bits per heavy atom. The van der Waals surface area contributed by atoms with Crippen LogP contribution in [0.15, 0.2) is 66.7 Å². The van der Waals surface area contributed by atoms with Crippen molar-refractivity contribution in [3.8, 4) is 17.2 Å². The number of nitrogens with zero attached hydrogens (tertiary/aromatic N) is 3. The van der Waals surface area contributed by atoms with E-state index in [0.717, 1.165) is 4.90 Å². The summed E-state index contributed by atoms with van der Waals surface area (Å²) < 4.78 is 10.7. The number of non-ortho nitro benzene ring substituents is 1. The van der Waals surface area contributed by atoms with E-state index in [1.165, 1.54) is 36.4 Å². The van der Waals surface area contributed by atoms with Crippen molar-refractivity contribution in [3.63, 3.8) is 0 Å². The lowest BCUT2D eigenvalue weighted by Gasteiger charge is -2.29. The number of carbonyl (C=O) groups excluding carboxylic acids is 2. The van der Waals surface area contributed by atoms with E-state index in [-0.39, 0.29) is 17.2 Å². The number of fused-ring (bicyclic) bond motifs is 1. The number of nitro groups is 1. The number of imide groups is 1. The Labute approximate surface area is 211 Å². The van der Waals surface area contributed by atoms with Gasteiger partial charge in [0.05, 0.1) is 36.1 Å². The van der Waals surface area contributed by atoms with Crippen molar-refractivity contribution in [2.45, 2.75) is 19.1 Å². The number of hydroxylamine groups is 1. The number of nitro benzene ring substituents is 1. The highest BCUT2D eigenvalue weighted by Gasteiger charge is 2.60. The second-order valence-electron chi connectivity index (χ2n) is 8.47. The molecule has 11 nitrogen and oxygen atoms in total. The summed E-state index contributed by atoms with van der Waals surface area (Å²) in [5.41, 5.74) is 1.02. The number of benzene rings is 3. The Morgan fingerprint density at radius 3 is 2.46 bits per heavy atom. The Hall–Kier alpha value is -4.64. The van der Waals surface area contributed by atoms with Crippen molar-refractivity contribution in [2.24, 2.45) is 5.92 Å². The highest BCUT2D eigenvalue weighted by Crippen LogP contribution is 2.49. The Bertz CT molecular complexity index is 1380. The summed E-state index contributed by atoms with van der Waals surface area (Å²) in [5, 5.41) is 22.8. The van der Waals surface area contributed by atoms with E-state index >= 15 is 0 Å². The molecular weight excluding hydrogens is 482 g/mol. The summed E-state index contributed by atoms with van der Waals surface area (Å²) in [4.78, 5) is 45.2. The molecular formula is C26H23N3O8. The quantitative estimate of drug-likeness (QED) is 0.290. The van der Waals surface area contributed by atoms with Crippen LogP contribution in [0.1, 0.15) is 18.5 Å². The SMILES string of the molecule is CCOc1ccc(N2C(=O)[C@H]3[C@@H](c4ccc(O)c(OC)c4)N(c4cccc([N+](=O)[O-])c4)O[C@H]3C2=O)cc1. The molecule has 3 aromatic rings. The van der Waals surface area contributed by atoms with Crippen molar-refractivity contribution in [3.05, 3.63) is 82.4 Å². The molecule has 0 saturated carbocycles. The fourth-order valence-electron chi connectivity index (χ4n) is 4.71. The first-order valence-corrected chi connectivity index (χ1v) is 11.5. The van der Waals surface area contributed by atoms with Crippen LogP contribution in [-0.2, 0) is 14.4 Å². The van der Waals surface area contributed by atoms with E-state index in [9.17, 15) is 24.8 Å². The molecule has 11 heteroatoms. The Balaban J connectivity index is 1.57. The summed E-state index contributed by atoms with van der Waals surface area (Å²) in [5.74, 6) is -1.33. The van der Waals surface area contributed by atoms with Gasteiger partial charge in [-0.3, -0.25) is 24.5 Å². The number of phenolic OH excluding ortho intramolecular Hbond substituents is 1. The molecule has 0 bridgehead atoms. The molecule has 0 radical (unpaired) electrons. The third-order valence-corrected chi connectivity index (χ3v) is 6.36. The minimum atomic E-state index is -1.16. The molecule has 2 heterocycles. The van der Waals surface area contributed by atoms with Gasteiger partial charge in [-0.1, -0.05) is 12.1 Å². The van der Waals surface area contributed by atoms with Gasteiger partial charge in [0, 0.05) is 12.1 Å². The first-order chi connectivity index (χ1) is 17.8. The van der Waals surface area contributed by atoms with Gasteiger partial charge in [0.2, 0.25) is 5.91 Å². The van der Waals surface area contributed by atoms with Crippen LogP contribution in [0.5, 0.6) is 17.2 Å². The monoisotopic (exact) mass is 505 g/mol. The summed E-state index contributed by atoms with van der Waals surface area (Å²) in [6, 6.07) is 16.0. The molecule has 190 valence electrons. The number of hydrogen-bond acceptors (Lipinski definition) is 9. The predicted molar refractivity (Wildman–Crippen MR) is 131 cm³/mol. The molecule has 3 aromatic carbocycles. The van der Waals surface area contributed by atoms with Crippen LogP contribution in [0.2, 0.25) is 0 Å². The van der Waals surface area contributed by atoms with Gasteiger partial charge in [0.25, 0.3) is 11.6 Å². The van der Waals surface area contributed by atoms with Crippen molar-refractivity contribution in [1.29, 1.82) is 0 Å². The fraction of sp³-hybridized carbons (Fsp3) is 0.231. The van der Waals surface area contributed by atoms with Gasteiger partial charge in [0.1, 0.15) is 11.7 Å². The average molecular weight is 505 g/mol. The minimum Gasteiger partial charge on any atom is -0.504 e. The molecule has 2 aliphatic rings. The zero-order chi connectivity index (χ0) is 26.3. The van der Waals surface area contributed by atoms with Crippen molar-refractivity contribution < 1.29 is 33.9 Å². The summed E-state index contributed by atoms with van der Waals surface area (Å²) in [6.07, 6.45) is -1.16. The normalized spacial score (nSPS) is 20.8. The van der Waals surface area contributed by atoms with Gasteiger partial charge in [-0.05, 0) is 55.0 Å². The molecule has 0 spiro atoms. The summed E-state index contributed by atoms with van der Waals surface area (Å²) >= 11 is 0. The molecule has 1 N–H and O–H groups in total. The van der Waals surface area contributed by atoms with Gasteiger partial charge in [-0.15, -0.1) is 0 Å². The lowest BCUT2D eigenvalue weighted by Crippen LogP contribution is -2.37. The van der Waals surface area contributed by atoms with E-state index in [1.54, 1.807) is 42.5 Å². The summed E-state index contributed by atoms with van der Waals surface area (Å²) in [7, 11) is 1.39. The van der Waals surface area contributed by atoms with Gasteiger partial charge < -0.3 is 14.6 Å². The standard InChI is InChI=1S/C26H23N3O8/c1-3-36-19-10-8-16(9-11-19)27-25(31)22-23(15-7-12-20(30)21(13-15)35-2)28(37-24(22)26(27)32)17-5-4-6-18(14-17)29(33)34/h4-14,22-24,30H,3H2,1-2H3/t22-,23+,24+/m0/s1. The van der Waals surface area contributed by atoms with Gasteiger partial charge in [0.15, 0.2) is 17.6 Å². The van der Waals surface area contributed by atoms with Crippen LogP contribution >= 0.6 is 0 Å². The molecule has 2 saturated heterocycles. The molecule has 0 unspecified atom stereocenters. The average Bonchev–Trinajstić information content (AvgIpc) is 3.41. The highest BCUT2D eigenvalue weighted by atomic mass is 16.7. The first kappa shape index (κ1) is 24.1. The van der Waals surface area contributed by atoms with Crippen LogP contribution < -0.4 is 19.4 Å². The maximum Gasteiger partial charge on any atom is 0.271 e. The maximum absolute atomic E-state index is 13.7. The largest absolute Gasteiger partial charge is 0.504 e. The third kappa shape index (κ3) is 4.08. The van der Waals surface area contributed by atoms with E-state index in [0.29, 0.717) is 29.3 Å². The number of ether oxygens (including phenoxy) is 2. The minimum absolute atomic E-state index is 0.103. The molecule has 2 aliphatic heterocycles. The van der Waals surface area contributed by atoms with E-state index in [4.69, 9.17) is 14.3 Å². The predicted octanol–water partition coefficient (Wildman–Crippen LogP) is 3.76. The zero-order valence-corrected chi connectivity index (χ0v) is 19.9. The van der Waals surface area contributed by atoms with E-state index in [2.05, 4.69) is 0 Å². The number of amides is 2. The maximum atomic E-state index is 13.7. The Kier molecular flexibility index (Phi) is 6.14. The fourth-order valence-corrected chi connectivity index (χ4v) is 4.71. The molecule has 2 amide bonds. The summed E-state index contributed by atoms with van der Waals surface area (Å²) in [6.45, 7) is 2.33. The second-order valence-corrected chi connectivity index (χ2v) is 8.47. The van der Waals surface area contributed by atoms with Crippen LogP contribution in [0.3, 0.4) is 0 Å². The second kappa shape index (κ2) is 9.43. The molecule has 37 heavy (non-hydrogen) atoms. The number of methoxy groups -OCH3 is 1. The van der Waals surface area contributed by atoms with Gasteiger partial charge >= 0.3 is 0 Å². The molecule has 0 aliphatic carbocycles. The van der Waals surface area contributed by atoms with Crippen LogP contribution in [0.25, 0.3) is 0 Å². The van der Waals surface area contributed by atoms with Gasteiger partial charge in [-0.2, -0.15) is 0 Å². The van der Waals surface area contributed by atoms with Crippen LogP contribution in [-0.4, -0.2) is 41.7 Å². The molecule has 2 fully saturated rings. The molecule has 0 aromatic heterocycles. The van der Waals surface area contributed by atoms with Crippen LogP contribution in [0.4, 0.5) is 17.1 Å². The number of carbonyl (C=O) groups is 2. The van der Waals surface area contributed by atoms with E-state index < -0.39 is 34.8 Å². The van der Waals surface area contributed by atoms with E-state index in [1.807, 2.05) is 6.92 Å². The topological polar surface area (TPSA) is 132 Å². The van der Waals surface area contributed by atoms with Gasteiger partial charge in [-0.25, -0.2) is 9.96 Å². The van der Waals surface area contributed by atoms with Crippen LogP contribution in [0, 0.1) is 16.0 Å². The number of anilines is 2. The number of rotatable bonds is 7. The third-order valence-electron chi connectivity index (χ3n) is 6.36. The first-order valence-electron chi connectivity index (χ1n) is 11.5. The lowest BCUT2D eigenvalue weighted by molar-refractivity contribution is -0.384. The van der Waals surface area contributed by atoms with Crippen molar-refractivity contribution >= 4 is 28.9 Å². The highest BCUT2D eigenvalue weighted by molar-refractivity contribution is 6.24. The number of phenols is 1. The zero-order valence-electron chi connectivity index (χ0n) is 19.9. The number of hydrogen-bond donors (Lipinski definition) is 1. The number of aromatic hydroxyl groups is 1. The smallest absolute Gasteiger partial charge is 0.271 e. The van der Waals surface area contributed by atoms with Crippen molar-refractivity contribution in [1.82, 2.24) is 0 Å².